The molecule has 0 spiro atoms. The van der Waals surface area contributed by atoms with Crippen LogP contribution in [0.5, 0.6) is 0 Å². The van der Waals surface area contributed by atoms with Crippen LogP contribution in [0.3, 0.4) is 0 Å². The molecule has 1 atom stereocenters. The zero-order valence-electron chi connectivity index (χ0n) is 13.2. The van der Waals surface area contributed by atoms with E-state index in [1.54, 1.807) is 9.69 Å². The van der Waals surface area contributed by atoms with Crippen molar-refractivity contribution in [2.24, 2.45) is 0 Å². The number of amides is 1. The lowest BCUT2D eigenvalue weighted by Gasteiger charge is -2.27. The molecular formula is C14H23N3O3S2. The maximum atomic E-state index is 12.8. The van der Waals surface area contributed by atoms with Crippen LogP contribution in [0.2, 0.25) is 0 Å². The minimum absolute atomic E-state index is 0.218. The largest absolute Gasteiger partial charge is 0.354 e. The minimum Gasteiger partial charge on any atom is -0.354 e. The van der Waals surface area contributed by atoms with Gasteiger partial charge in [-0.2, -0.15) is 4.31 Å². The van der Waals surface area contributed by atoms with Crippen LogP contribution in [-0.4, -0.2) is 63.8 Å². The van der Waals surface area contributed by atoms with Crippen molar-refractivity contribution in [1.29, 1.82) is 0 Å². The highest BCUT2D eigenvalue weighted by Crippen LogP contribution is 2.25. The Balaban J connectivity index is 2.24. The zero-order chi connectivity index (χ0) is 16.3. The van der Waals surface area contributed by atoms with Gasteiger partial charge in [0.25, 0.3) is 5.91 Å². The molecule has 1 aromatic rings. The molecule has 1 aromatic heterocycles. The van der Waals surface area contributed by atoms with Gasteiger partial charge in [-0.25, -0.2) is 8.42 Å². The Bertz CT molecular complexity index is 625. The summed E-state index contributed by atoms with van der Waals surface area (Å²) in [7, 11) is 1.96. The van der Waals surface area contributed by atoms with Crippen molar-refractivity contribution >= 4 is 27.3 Å². The Morgan fingerprint density at radius 2 is 2.14 bits per heavy atom. The molecule has 6 nitrogen and oxygen atoms in total. The molecule has 124 valence electrons. The standard InChI is InChI=1S/C14H23N3O3S2/c1-15-14(18)13-8-12(10-21-13)22(19,20)17-7-5-4-6-11(9-17)16(2)3/h8,10-11H,4-7,9H2,1-3H3,(H,15,18). The smallest absolute Gasteiger partial charge is 0.261 e. The van der Waals surface area contributed by atoms with Crippen molar-refractivity contribution < 1.29 is 13.2 Å². The lowest BCUT2D eigenvalue weighted by molar-refractivity contribution is 0.0967. The van der Waals surface area contributed by atoms with Crippen LogP contribution in [0.25, 0.3) is 0 Å². The van der Waals surface area contributed by atoms with Gasteiger partial charge >= 0.3 is 0 Å². The van der Waals surface area contributed by atoms with E-state index in [1.165, 1.54) is 13.1 Å². The second kappa shape index (κ2) is 7.08. The van der Waals surface area contributed by atoms with Crippen LogP contribution in [-0.2, 0) is 10.0 Å². The molecule has 2 heterocycles. The summed E-state index contributed by atoms with van der Waals surface area (Å²) < 4.78 is 27.2. The second-order valence-corrected chi connectivity index (χ2v) is 8.55. The quantitative estimate of drug-likeness (QED) is 0.891. The Hall–Kier alpha value is -0.960. The van der Waals surface area contributed by atoms with E-state index in [-0.39, 0.29) is 16.8 Å². The van der Waals surface area contributed by atoms with Gasteiger partial charge < -0.3 is 10.2 Å². The van der Waals surface area contributed by atoms with Crippen LogP contribution in [0.4, 0.5) is 0 Å². The van der Waals surface area contributed by atoms with Gasteiger partial charge in [0.05, 0.1) is 9.77 Å². The average Bonchev–Trinajstić information content (AvgIpc) is 2.84. The first kappa shape index (κ1) is 17.4. The van der Waals surface area contributed by atoms with Gasteiger partial charge in [-0.05, 0) is 33.0 Å². The highest BCUT2D eigenvalue weighted by Gasteiger charge is 2.30. The fraction of sp³-hybridized carbons (Fsp3) is 0.643. The number of carbonyl (C=O) groups is 1. The Kier molecular flexibility index (Phi) is 5.60. The van der Waals surface area contributed by atoms with Crippen molar-refractivity contribution in [1.82, 2.24) is 14.5 Å². The minimum atomic E-state index is -3.54. The molecule has 0 saturated carbocycles. The highest BCUT2D eigenvalue weighted by molar-refractivity contribution is 7.89. The molecule has 0 bridgehead atoms. The molecule has 0 aliphatic carbocycles. The van der Waals surface area contributed by atoms with E-state index in [0.717, 1.165) is 30.6 Å². The lowest BCUT2D eigenvalue weighted by atomic mass is 10.1. The topological polar surface area (TPSA) is 69.7 Å². The van der Waals surface area contributed by atoms with Crippen molar-refractivity contribution in [2.45, 2.75) is 30.2 Å². The van der Waals surface area contributed by atoms with Gasteiger partial charge in [0.15, 0.2) is 0 Å². The van der Waals surface area contributed by atoms with Crippen LogP contribution in [0.1, 0.15) is 28.9 Å². The third-order valence-electron chi connectivity index (χ3n) is 4.00. The molecule has 1 amide bonds. The summed E-state index contributed by atoms with van der Waals surface area (Å²) in [5.41, 5.74) is 0. The number of hydrogen-bond donors (Lipinski definition) is 1. The first-order chi connectivity index (χ1) is 10.4. The fourth-order valence-corrected chi connectivity index (χ4v) is 5.29. The number of hydrogen-bond acceptors (Lipinski definition) is 5. The number of nitrogens with one attached hydrogen (secondary N) is 1. The van der Waals surface area contributed by atoms with Gasteiger partial charge in [-0.15, -0.1) is 11.3 Å². The number of likely N-dealkylation sites (N-methyl/N-ethyl adjacent to an activating group) is 1. The van der Waals surface area contributed by atoms with E-state index >= 15 is 0 Å². The van der Waals surface area contributed by atoms with E-state index < -0.39 is 10.0 Å². The fourth-order valence-electron chi connectivity index (χ4n) is 2.57. The number of rotatable bonds is 4. The molecule has 1 fully saturated rings. The monoisotopic (exact) mass is 345 g/mol. The molecule has 2 rings (SSSR count). The Morgan fingerprint density at radius 3 is 2.77 bits per heavy atom. The zero-order valence-corrected chi connectivity index (χ0v) is 14.8. The second-order valence-electron chi connectivity index (χ2n) is 5.70. The third-order valence-corrected chi connectivity index (χ3v) is 6.92. The van der Waals surface area contributed by atoms with Crippen LogP contribution in [0, 0.1) is 0 Å². The van der Waals surface area contributed by atoms with Gasteiger partial charge in [-0.1, -0.05) is 6.42 Å². The summed E-state index contributed by atoms with van der Waals surface area (Å²) in [6.07, 6.45) is 2.91. The summed E-state index contributed by atoms with van der Waals surface area (Å²) in [5, 5.41) is 4.07. The Labute approximate surface area is 136 Å². The molecule has 1 N–H and O–H groups in total. The van der Waals surface area contributed by atoms with Crippen molar-refractivity contribution in [2.75, 3.05) is 34.2 Å². The summed E-state index contributed by atoms with van der Waals surface area (Å²) in [5.74, 6) is -0.256. The van der Waals surface area contributed by atoms with Crippen LogP contribution < -0.4 is 5.32 Å². The SMILES string of the molecule is CNC(=O)c1cc(S(=O)(=O)N2CCCCC(N(C)C)C2)cs1. The van der Waals surface area contributed by atoms with Gasteiger partial charge in [-0.3, -0.25) is 4.79 Å². The summed E-state index contributed by atoms with van der Waals surface area (Å²) >= 11 is 1.16. The van der Waals surface area contributed by atoms with E-state index in [1.807, 2.05) is 14.1 Å². The van der Waals surface area contributed by atoms with Gasteiger partial charge in [0, 0.05) is 31.6 Å². The summed E-state index contributed by atoms with van der Waals surface area (Å²) in [6, 6.07) is 1.70. The van der Waals surface area contributed by atoms with Crippen LogP contribution in [0.15, 0.2) is 16.3 Å². The molecule has 22 heavy (non-hydrogen) atoms. The Morgan fingerprint density at radius 1 is 1.41 bits per heavy atom. The van der Waals surface area contributed by atoms with E-state index in [0.29, 0.717) is 18.0 Å². The van der Waals surface area contributed by atoms with Crippen molar-refractivity contribution in [3.05, 3.63) is 16.3 Å². The normalized spacial score (nSPS) is 20.8. The van der Waals surface area contributed by atoms with Crippen molar-refractivity contribution in [3.63, 3.8) is 0 Å². The third kappa shape index (κ3) is 3.68. The average molecular weight is 345 g/mol. The molecule has 8 heteroatoms. The first-order valence-corrected chi connectivity index (χ1v) is 9.65. The van der Waals surface area contributed by atoms with Crippen LogP contribution >= 0.6 is 11.3 Å². The summed E-state index contributed by atoms with van der Waals surface area (Å²) in [4.78, 5) is 14.3. The van der Waals surface area contributed by atoms with E-state index in [2.05, 4.69) is 10.2 Å². The lowest BCUT2D eigenvalue weighted by Crippen LogP contribution is -2.41. The number of carbonyl (C=O) groups excluding carboxylic acids is 1. The van der Waals surface area contributed by atoms with E-state index in [4.69, 9.17) is 0 Å². The maximum absolute atomic E-state index is 12.8. The number of thiophene rings is 1. The molecule has 0 radical (unpaired) electrons. The summed E-state index contributed by atoms with van der Waals surface area (Å²) in [6.45, 7) is 1.04. The molecule has 1 unspecified atom stereocenters. The maximum Gasteiger partial charge on any atom is 0.261 e. The van der Waals surface area contributed by atoms with E-state index in [9.17, 15) is 13.2 Å². The first-order valence-electron chi connectivity index (χ1n) is 7.33. The van der Waals surface area contributed by atoms with Crippen molar-refractivity contribution in [3.8, 4) is 0 Å². The van der Waals surface area contributed by atoms with Gasteiger partial charge in [0.2, 0.25) is 10.0 Å². The molecule has 0 aromatic carbocycles. The molecule has 1 saturated heterocycles. The number of sulfonamides is 1. The predicted octanol–water partition coefficient (Wildman–Crippen LogP) is 1.21. The highest BCUT2D eigenvalue weighted by atomic mass is 32.2. The number of nitrogens with zero attached hydrogens (tertiary/aromatic N) is 2. The molecule has 1 aliphatic rings. The molecule has 1 aliphatic heterocycles. The van der Waals surface area contributed by atoms with Gasteiger partial charge in [0.1, 0.15) is 0 Å². The molecular weight excluding hydrogens is 322 g/mol. The predicted molar refractivity (Wildman–Crippen MR) is 87.8 cm³/mol.